The van der Waals surface area contributed by atoms with Crippen LogP contribution in [0.25, 0.3) is 43.6 Å². The molecular weight excluding hydrogens is 622 g/mol. The van der Waals surface area contributed by atoms with Crippen molar-refractivity contribution in [2.24, 2.45) is 4.99 Å². The first kappa shape index (κ1) is 30.8. The van der Waals surface area contributed by atoms with Gasteiger partial charge in [-0.25, -0.2) is 9.59 Å². The lowest BCUT2D eigenvalue weighted by Gasteiger charge is -2.18. The molecule has 1 aromatic heterocycles. The Balaban J connectivity index is 1.34. The first-order valence-corrected chi connectivity index (χ1v) is 15.3. The third-order valence-corrected chi connectivity index (χ3v) is 8.48. The molecule has 0 fully saturated rings. The number of para-hydroxylation sites is 1. The lowest BCUT2D eigenvalue weighted by Crippen LogP contribution is -2.20. The molecule has 0 bridgehead atoms. The molecule has 0 saturated carbocycles. The number of aromatic hydroxyl groups is 1. The predicted octanol–water partition coefficient (Wildman–Crippen LogP) is 8.09. The van der Waals surface area contributed by atoms with Crippen molar-refractivity contribution in [3.8, 4) is 22.6 Å². The number of phenolic OH excluding ortho intramolecular Hbond substituents is 1. The number of aliphatic carboxylic acids is 1. The number of carbonyl (C=O) groups excluding carboxylic acids is 1. The Hall–Kier alpha value is -6.81. The van der Waals surface area contributed by atoms with E-state index in [2.05, 4.69) is 9.98 Å². The number of carboxylic acid groups (broad SMARTS) is 1. The van der Waals surface area contributed by atoms with Gasteiger partial charge in [0.05, 0.1) is 10.5 Å². The van der Waals surface area contributed by atoms with Gasteiger partial charge in [0, 0.05) is 58.6 Å². The first-order valence-electron chi connectivity index (χ1n) is 15.3. The summed E-state index contributed by atoms with van der Waals surface area (Å²) in [5, 5.41) is 37.0. The number of phenols is 1. The van der Waals surface area contributed by atoms with E-state index in [1.165, 1.54) is 30.5 Å². The maximum Gasteiger partial charge on any atom is 0.343 e. The van der Waals surface area contributed by atoms with Crippen LogP contribution in [-0.2, 0) is 11.2 Å². The summed E-state index contributed by atoms with van der Waals surface area (Å²) in [4.78, 5) is 43.9. The molecule has 1 atom stereocenters. The topological polar surface area (TPSA) is 155 Å². The van der Waals surface area contributed by atoms with Crippen molar-refractivity contribution in [2.45, 2.75) is 12.5 Å². The van der Waals surface area contributed by atoms with Gasteiger partial charge in [-0.2, -0.15) is 0 Å². The normalized spacial score (nSPS) is 12.1. The molecule has 0 aliphatic heterocycles. The number of H-pyrrole nitrogens is 1. The lowest BCUT2D eigenvalue weighted by molar-refractivity contribution is -0.384. The van der Waals surface area contributed by atoms with Gasteiger partial charge in [-0.1, -0.05) is 72.8 Å². The van der Waals surface area contributed by atoms with Crippen LogP contribution in [0.2, 0.25) is 0 Å². The summed E-state index contributed by atoms with van der Waals surface area (Å²) < 4.78 is 5.93. The van der Waals surface area contributed by atoms with Crippen molar-refractivity contribution >= 4 is 56.3 Å². The van der Waals surface area contributed by atoms with Crippen molar-refractivity contribution in [1.29, 1.82) is 0 Å². The average Bonchev–Trinajstić information content (AvgIpc) is 3.53. The molecule has 0 radical (unpaired) electrons. The van der Waals surface area contributed by atoms with E-state index in [1.54, 1.807) is 24.4 Å². The number of nitro groups is 1. The molecule has 0 aliphatic rings. The fourth-order valence-electron chi connectivity index (χ4n) is 6.07. The number of carbonyl (C=O) groups is 2. The van der Waals surface area contributed by atoms with Crippen molar-refractivity contribution < 1.29 is 29.5 Å². The minimum atomic E-state index is -1.13. The number of rotatable bonds is 9. The number of benzene rings is 6. The third kappa shape index (κ3) is 5.94. The number of nitrogens with zero attached hydrogens (tertiary/aromatic N) is 2. The number of aliphatic imine (C=N–C) groups is 1. The monoisotopic (exact) mass is 649 g/mol. The lowest BCUT2D eigenvalue weighted by atomic mass is 9.90. The maximum atomic E-state index is 13.4. The molecule has 6 aromatic carbocycles. The molecule has 0 aliphatic carbocycles. The Labute approximate surface area is 278 Å². The highest BCUT2D eigenvalue weighted by Gasteiger charge is 2.23. The maximum absolute atomic E-state index is 13.4. The number of aromatic nitrogens is 1. The second-order valence-corrected chi connectivity index (χ2v) is 11.5. The Morgan fingerprint density at radius 1 is 0.837 bits per heavy atom. The van der Waals surface area contributed by atoms with E-state index in [0.717, 1.165) is 27.2 Å². The van der Waals surface area contributed by atoms with Crippen LogP contribution in [0.4, 0.5) is 5.69 Å². The van der Waals surface area contributed by atoms with Crippen molar-refractivity contribution in [1.82, 2.24) is 4.98 Å². The molecule has 0 amide bonds. The number of non-ortho nitro benzene ring substituents is 1. The quantitative estimate of drug-likeness (QED) is 0.0469. The number of nitrogens with one attached hydrogen (secondary N) is 1. The molecule has 7 rings (SSSR count). The minimum absolute atomic E-state index is 0.106. The summed E-state index contributed by atoms with van der Waals surface area (Å²) in [5.74, 6) is -1.88. The van der Waals surface area contributed by atoms with Crippen molar-refractivity contribution in [3.05, 3.63) is 148 Å². The van der Waals surface area contributed by atoms with Gasteiger partial charge in [-0.15, -0.1) is 0 Å². The van der Waals surface area contributed by atoms with Crippen LogP contribution < -0.4 is 4.74 Å². The molecular formula is C39H27N3O7. The van der Waals surface area contributed by atoms with Gasteiger partial charge >= 0.3 is 11.9 Å². The standard InChI is InChI=1S/C39H27N3O7/c43-37-27(22-41-33(38(44)45)20-26-21-40-32-12-6-5-9-29(26)32)19-25-8-2-4-11-31(25)36(37)35-30-10-3-1-7-23(30)15-18-34(35)49-39(46)24-13-16-28(17-14-24)42(47)48/h1-19,21-22,33,40,43H,20H2,(H,44,45)/t33-/m0/s1. The van der Waals surface area contributed by atoms with Crippen molar-refractivity contribution in [2.75, 3.05) is 0 Å². The highest BCUT2D eigenvalue weighted by molar-refractivity contribution is 6.13. The second-order valence-electron chi connectivity index (χ2n) is 11.5. The second kappa shape index (κ2) is 12.8. The predicted molar refractivity (Wildman–Crippen MR) is 188 cm³/mol. The van der Waals surface area contributed by atoms with E-state index in [4.69, 9.17) is 4.74 Å². The first-order chi connectivity index (χ1) is 23.8. The van der Waals surface area contributed by atoms with E-state index < -0.39 is 22.9 Å². The number of fused-ring (bicyclic) bond motifs is 3. The van der Waals surface area contributed by atoms with Gasteiger partial charge in [0.2, 0.25) is 0 Å². The summed E-state index contributed by atoms with van der Waals surface area (Å²) >= 11 is 0. The molecule has 0 spiro atoms. The van der Waals surface area contributed by atoms with E-state index in [-0.39, 0.29) is 34.7 Å². The SMILES string of the molecule is O=C(Oc1ccc2ccccc2c1-c1c(O)c(C=N[C@@H](Cc2c[nH]c3ccccc23)C(=O)O)cc2ccccc12)c1ccc([N+](=O)[O-])cc1. The molecule has 49 heavy (non-hydrogen) atoms. The van der Waals surface area contributed by atoms with Crippen LogP contribution in [0.1, 0.15) is 21.5 Å². The summed E-state index contributed by atoms with van der Waals surface area (Å²) in [6.07, 6.45) is 3.28. The fraction of sp³-hybridized carbons (Fsp3) is 0.0513. The van der Waals surface area contributed by atoms with E-state index in [1.807, 2.05) is 72.8 Å². The van der Waals surface area contributed by atoms with Gasteiger partial charge in [0.1, 0.15) is 11.5 Å². The number of aromatic amines is 1. The van der Waals surface area contributed by atoms with Gasteiger partial charge < -0.3 is 19.9 Å². The van der Waals surface area contributed by atoms with Gasteiger partial charge in [0.15, 0.2) is 6.04 Å². The van der Waals surface area contributed by atoms with E-state index >= 15 is 0 Å². The molecule has 0 unspecified atom stereocenters. The van der Waals surface area contributed by atoms with Crippen LogP contribution in [0, 0.1) is 10.1 Å². The summed E-state index contributed by atoms with van der Waals surface area (Å²) in [7, 11) is 0. The van der Waals surface area contributed by atoms with Crippen LogP contribution in [0.3, 0.4) is 0 Å². The van der Waals surface area contributed by atoms with Gasteiger partial charge in [-0.3, -0.25) is 15.1 Å². The molecule has 0 saturated heterocycles. The van der Waals surface area contributed by atoms with Crippen LogP contribution in [0.5, 0.6) is 11.5 Å². The zero-order chi connectivity index (χ0) is 34.1. The highest BCUT2D eigenvalue weighted by atomic mass is 16.6. The van der Waals surface area contributed by atoms with E-state index in [9.17, 15) is 29.9 Å². The number of nitro benzene ring substituents is 1. The third-order valence-electron chi connectivity index (χ3n) is 8.48. The number of ether oxygens (including phenoxy) is 1. The number of esters is 1. The Kier molecular flexibility index (Phi) is 8.03. The summed E-state index contributed by atoms with van der Waals surface area (Å²) in [5.41, 5.74) is 2.72. The fourth-order valence-corrected chi connectivity index (χ4v) is 6.07. The van der Waals surface area contributed by atoms with Gasteiger partial charge in [-0.05, 0) is 57.4 Å². The molecule has 3 N–H and O–H groups in total. The summed E-state index contributed by atoms with van der Waals surface area (Å²) in [6, 6.07) is 31.6. The van der Waals surface area contributed by atoms with Crippen molar-refractivity contribution in [3.63, 3.8) is 0 Å². The smallest absolute Gasteiger partial charge is 0.343 e. The molecule has 7 aromatic rings. The Bertz CT molecular complexity index is 2450. The molecule has 1 heterocycles. The van der Waals surface area contributed by atoms with E-state index in [0.29, 0.717) is 21.9 Å². The Morgan fingerprint density at radius 3 is 2.20 bits per heavy atom. The number of hydrogen-bond donors (Lipinski definition) is 3. The minimum Gasteiger partial charge on any atom is -0.507 e. The molecule has 10 heteroatoms. The van der Waals surface area contributed by atoms with Crippen LogP contribution >= 0.6 is 0 Å². The molecule has 240 valence electrons. The zero-order valence-electron chi connectivity index (χ0n) is 25.7. The number of hydrogen-bond acceptors (Lipinski definition) is 7. The zero-order valence-corrected chi connectivity index (χ0v) is 25.7. The Morgan fingerprint density at radius 2 is 1.49 bits per heavy atom. The summed E-state index contributed by atoms with van der Waals surface area (Å²) in [6.45, 7) is 0. The number of carboxylic acids is 1. The highest BCUT2D eigenvalue weighted by Crippen LogP contribution is 2.46. The van der Waals surface area contributed by atoms with Crippen LogP contribution in [0.15, 0.2) is 126 Å². The average molecular weight is 650 g/mol. The van der Waals surface area contributed by atoms with Crippen LogP contribution in [-0.4, -0.2) is 44.3 Å². The largest absolute Gasteiger partial charge is 0.507 e. The van der Waals surface area contributed by atoms with Gasteiger partial charge in [0.25, 0.3) is 5.69 Å². The molecule has 10 nitrogen and oxygen atoms in total.